The van der Waals surface area contributed by atoms with Crippen LogP contribution in [0.15, 0.2) is 48.7 Å². The van der Waals surface area contributed by atoms with Crippen LogP contribution in [0.5, 0.6) is 0 Å². The van der Waals surface area contributed by atoms with Crippen molar-refractivity contribution in [1.82, 2.24) is 9.88 Å². The number of hydrogen-bond acceptors (Lipinski definition) is 2. The summed E-state index contributed by atoms with van der Waals surface area (Å²) in [7, 11) is -1.88. The zero-order valence-electron chi connectivity index (χ0n) is 21.4. The molecule has 3 nitrogen and oxygen atoms in total. The SMILES string of the molecule is CC(C)(C)[Si](C)(C)OCCC1CNCc2cc(CCc3ccccc3)c(C(F)(F)F)c3ccn1c23. The lowest BCUT2D eigenvalue weighted by Gasteiger charge is -2.36. The van der Waals surface area contributed by atoms with Crippen LogP contribution < -0.4 is 5.32 Å². The van der Waals surface area contributed by atoms with E-state index in [1.54, 1.807) is 12.1 Å². The highest BCUT2D eigenvalue weighted by Crippen LogP contribution is 2.42. The topological polar surface area (TPSA) is 26.2 Å². The zero-order chi connectivity index (χ0) is 25.4. The fourth-order valence-electron chi connectivity index (χ4n) is 4.79. The number of rotatable bonds is 7. The van der Waals surface area contributed by atoms with Crippen LogP contribution in [0, 0.1) is 0 Å². The Morgan fingerprint density at radius 3 is 2.43 bits per heavy atom. The van der Waals surface area contributed by atoms with Crippen LogP contribution in [-0.2, 0) is 30.0 Å². The summed E-state index contributed by atoms with van der Waals surface area (Å²) < 4.78 is 51.6. The van der Waals surface area contributed by atoms with Gasteiger partial charge in [-0.2, -0.15) is 13.2 Å². The van der Waals surface area contributed by atoms with Gasteiger partial charge in [0.2, 0.25) is 0 Å². The molecule has 1 atom stereocenters. The Morgan fingerprint density at radius 1 is 1.06 bits per heavy atom. The molecule has 2 aromatic carbocycles. The quantitative estimate of drug-likeness (QED) is 0.339. The number of halogens is 3. The third-order valence-electron chi connectivity index (χ3n) is 7.78. The Balaban J connectivity index is 1.65. The van der Waals surface area contributed by atoms with Crippen molar-refractivity contribution in [2.75, 3.05) is 13.2 Å². The number of nitrogens with one attached hydrogen (secondary N) is 1. The van der Waals surface area contributed by atoms with Crippen LogP contribution >= 0.6 is 0 Å². The highest BCUT2D eigenvalue weighted by Gasteiger charge is 2.38. The Bertz CT molecular complexity index is 1160. The first kappa shape index (κ1) is 26.0. The van der Waals surface area contributed by atoms with Gasteiger partial charge in [-0.25, -0.2) is 0 Å². The van der Waals surface area contributed by atoms with Crippen molar-refractivity contribution < 1.29 is 17.6 Å². The van der Waals surface area contributed by atoms with Crippen molar-refractivity contribution >= 4 is 19.2 Å². The summed E-state index contributed by atoms with van der Waals surface area (Å²) in [5.41, 5.74) is 2.59. The van der Waals surface area contributed by atoms with E-state index in [4.69, 9.17) is 4.43 Å². The number of nitrogens with zero attached hydrogens (tertiary/aromatic N) is 1. The number of alkyl halides is 3. The second-order valence-electron chi connectivity index (χ2n) is 11.2. The predicted molar refractivity (Wildman–Crippen MR) is 139 cm³/mol. The van der Waals surface area contributed by atoms with Crippen LogP contribution in [0.4, 0.5) is 13.2 Å². The molecular formula is C28H37F3N2OSi. The van der Waals surface area contributed by atoms with E-state index >= 15 is 0 Å². The Labute approximate surface area is 207 Å². The number of benzene rings is 2. The van der Waals surface area contributed by atoms with E-state index in [1.165, 1.54) is 0 Å². The van der Waals surface area contributed by atoms with Gasteiger partial charge in [-0.1, -0.05) is 57.2 Å². The van der Waals surface area contributed by atoms with E-state index in [1.807, 2.05) is 36.5 Å². The summed E-state index contributed by atoms with van der Waals surface area (Å²) in [5.74, 6) is 0. The van der Waals surface area contributed by atoms with Crippen molar-refractivity contribution in [2.24, 2.45) is 0 Å². The summed E-state index contributed by atoms with van der Waals surface area (Å²) >= 11 is 0. The molecule has 0 fully saturated rings. The molecule has 1 unspecified atom stereocenters. The van der Waals surface area contributed by atoms with E-state index in [0.717, 1.165) is 17.5 Å². The van der Waals surface area contributed by atoms with Gasteiger partial charge in [-0.15, -0.1) is 0 Å². The average molecular weight is 503 g/mol. The van der Waals surface area contributed by atoms with Crippen LogP contribution in [-0.4, -0.2) is 26.0 Å². The lowest BCUT2D eigenvalue weighted by Crippen LogP contribution is -2.41. The summed E-state index contributed by atoms with van der Waals surface area (Å²) in [4.78, 5) is 0. The van der Waals surface area contributed by atoms with Crippen molar-refractivity contribution in [3.05, 3.63) is 70.9 Å². The van der Waals surface area contributed by atoms with Crippen LogP contribution in [0.2, 0.25) is 18.1 Å². The van der Waals surface area contributed by atoms with Gasteiger partial charge >= 0.3 is 6.18 Å². The maximum atomic E-state index is 14.4. The van der Waals surface area contributed by atoms with E-state index < -0.39 is 20.1 Å². The predicted octanol–water partition coefficient (Wildman–Crippen LogP) is 7.50. The molecule has 35 heavy (non-hydrogen) atoms. The van der Waals surface area contributed by atoms with Gasteiger partial charge < -0.3 is 14.3 Å². The molecule has 2 heterocycles. The zero-order valence-corrected chi connectivity index (χ0v) is 22.4. The molecular weight excluding hydrogens is 465 g/mol. The Kier molecular flexibility index (Phi) is 7.24. The normalized spacial score (nSPS) is 17.1. The molecule has 1 N–H and O–H groups in total. The monoisotopic (exact) mass is 502 g/mol. The van der Waals surface area contributed by atoms with Gasteiger partial charge in [0.25, 0.3) is 0 Å². The molecule has 0 radical (unpaired) electrons. The van der Waals surface area contributed by atoms with Crippen LogP contribution in [0.25, 0.3) is 10.9 Å². The second-order valence-corrected chi connectivity index (χ2v) is 16.0. The first-order chi connectivity index (χ1) is 16.4. The largest absolute Gasteiger partial charge is 0.417 e. The third kappa shape index (κ3) is 5.52. The molecule has 1 aliphatic heterocycles. The standard InChI is InChI=1S/C28H37F3N2OSi/c1-27(2,3)35(4,5)34-16-14-23-19-32-18-22-17-21(12-11-20-9-7-6-8-10-20)25(28(29,30)31)24-13-15-33(23)26(22)24/h6-10,13,15,17,23,32H,11-12,14,16,18-19H2,1-5H3. The molecule has 0 amide bonds. The molecule has 1 aromatic heterocycles. The number of aryl methyl sites for hydroxylation is 2. The van der Waals surface area contributed by atoms with Gasteiger partial charge in [0.05, 0.1) is 11.1 Å². The molecule has 0 spiro atoms. The lowest BCUT2D eigenvalue weighted by molar-refractivity contribution is -0.136. The highest BCUT2D eigenvalue weighted by atomic mass is 28.4. The molecule has 4 rings (SSSR count). The lowest BCUT2D eigenvalue weighted by atomic mass is 9.94. The first-order valence-electron chi connectivity index (χ1n) is 12.5. The summed E-state index contributed by atoms with van der Waals surface area (Å²) in [5, 5.41) is 3.92. The van der Waals surface area contributed by atoms with Gasteiger partial charge in [-0.3, -0.25) is 0 Å². The van der Waals surface area contributed by atoms with Crippen molar-refractivity contribution in [2.45, 2.75) is 76.9 Å². The third-order valence-corrected chi connectivity index (χ3v) is 12.3. The second kappa shape index (κ2) is 9.75. The molecule has 0 saturated carbocycles. The summed E-state index contributed by atoms with van der Waals surface area (Å²) in [6.07, 6.45) is -0.862. The minimum Gasteiger partial charge on any atom is -0.417 e. The van der Waals surface area contributed by atoms with Gasteiger partial charge in [0.1, 0.15) is 0 Å². The van der Waals surface area contributed by atoms with Gasteiger partial charge in [0.15, 0.2) is 8.32 Å². The Morgan fingerprint density at radius 2 is 1.77 bits per heavy atom. The minimum atomic E-state index is -4.41. The van der Waals surface area contributed by atoms with E-state index in [2.05, 4.69) is 43.7 Å². The minimum absolute atomic E-state index is 0.0507. The Hall–Kier alpha value is -2.09. The van der Waals surface area contributed by atoms with Gasteiger partial charge in [0, 0.05) is 37.3 Å². The summed E-state index contributed by atoms with van der Waals surface area (Å²) in [6, 6.07) is 13.2. The molecule has 0 saturated heterocycles. The van der Waals surface area contributed by atoms with Crippen LogP contribution in [0.3, 0.4) is 0 Å². The smallest absolute Gasteiger partial charge is 0.417 e. The molecule has 0 aliphatic carbocycles. The fourth-order valence-corrected chi connectivity index (χ4v) is 5.85. The van der Waals surface area contributed by atoms with E-state index in [0.29, 0.717) is 49.0 Å². The average Bonchev–Trinajstić information content (AvgIpc) is 3.12. The number of aromatic nitrogens is 1. The van der Waals surface area contributed by atoms with Crippen molar-refractivity contribution in [3.8, 4) is 0 Å². The maximum Gasteiger partial charge on any atom is 0.417 e. The van der Waals surface area contributed by atoms with E-state index in [-0.39, 0.29) is 11.1 Å². The number of hydrogen-bond donors (Lipinski definition) is 1. The molecule has 1 aliphatic rings. The molecule has 190 valence electrons. The van der Waals surface area contributed by atoms with E-state index in [9.17, 15) is 13.2 Å². The van der Waals surface area contributed by atoms with Crippen LogP contribution in [0.1, 0.15) is 55.5 Å². The van der Waals surface area contributed by atoms with Gasteiger partial charge in [-0.05, 0) is 60.2 Å². The van der Waals surface area contributed by atoms with Crippen molar-refractivity contribution in [3.63, 3.8) is 0 Å². The summed E-state index contributed by atoms with van der Waals surface area (Å²) in [6.45, 7) is 13.0. The molecule has 7 heteroatoms. The van der Waals surface area contributed by atoms with Crippen molar-refractivity contribution in [1.29, 1.82) is 0 Å². The maximum absolute atomic E-state index is 14.4. The first-order valence-corrected chi connectivity index (χ1v) is 15.4. The molecule has 0 bridgehead atoms. The molecule has 3 aromatic rings. The fraction of sp³-hybridized carbons (Fsp3) is 0.500. The highest BCUT2D eigenvalue weighted by molar-refractivity contribution is 6.74.